The van der Waals surface area contributed by atoms with E-state index in [1.165, 1.54) is 116 Å². The lowest BCUT2D eigenvalue weighted by Crippen LogP contribution is -2.66. The summed E-state index contributed by atoms with van der Waals surface area (Å²) in [5, 5.41) is 3.73. The van der Waals surface area contributed by atoms with E-state index in [1.54, 1.807) is 0 Å². The molecule has 2 aliphatic carbocycles. The monoisotopic (exact) mass is 1020 g/mol. The second-order valence-electron chi connectivity index (χ2n) is 22.9. The molecule has 2 fully saturated rings. The van der Waals surface area contributed by atoms with Gasteiger partial charge in [0.2, 0.25) is 11.8 Å². The van der Waals surface area contributed by atoms with E-state index in [0.29, 0.717) is 75.7 Å². The summed E-state index contributed by atoms with van der Waals surface area (Å²) in [5.41, 5.74) is -1.61. The zero-order valence-electron chi connectivity index (χ0n) is 48.4. The fraction of sp³-hybridized carbons (Fsp3) is 0.844. The van der Waals surface area contributed by atoms with Gasteiger partial charge in [0.15, 0.2) is 0 Å². The molecule has 2 amide bonds. The molecule has 2 atom stereocenters. The smallest absolute Gasteiger partial charge is 0.305 e. The Bertz CT molecular complexity index is 1560. The largest absolute Gasteiger partial charge is 0.465 e. The highest BCUT2D eigenvalue weighted by Gasteiger charge is 2.51. The summed E-state index contributed by atoms with van der Waals surface area (Å²) in [5.74, 6) is 13.6. The third-order valence-corrected chi connectivity index (χ3v) is 15.4. The van der Waals surface area contributed by atoms with Gasteiger partial charge in [0, 0.05) is 57.0 Å². The Morgan fingerprint density at radius 2 is 1.00 bits per heavy atom. The van der Waals surface area contributed by atoms with E-state index in [0.717, 1.165) is 70.8 Å². The highest BCUT2D eigenvalue weighted by atomic mass is 16.5. The second kappa shape index (κ2) is 41.9. The molecule has 73 heavy (non-hydrogen) atoms. The molecule has 2 saturated carbocycles. The molecule has 2 aliphatic rings. The minimum atomic E-state index is -1.26. The van der Waals surface area contributed by atoms with Crippen LogP contribution in [0.2, 0.25) is 0 Å². The zero-order chi connectivity index (χ0) is 53.3. The maximum absolute atomic E-state index is 15.8. The van der Waals surface area contributed by atoms with Gasteiger partial charge in [-0.1, -0.05) is 149 Å². The van der Waals surface area contributed by atoms with Crippen molar-refractivity contribution < 1.29 is 28.7 Å². The lowest BCUT2D eigenvalue weighted by molar-refractivity contribution is -0.153. The summed E-state index contributed by atoms with van der Waals surface area (Å²) < 4.78 is 11.4. The molecular formula is C64H111N3O6. The molecule has 2 unspecified atom stereocenters. The molecule has 0 saturated heterocycles. The molecule has 0 radical (unpaired) electrons. The Hall–Kier alpha value is -3.30. The number of esters is 2. The number of amides is 2. The van der Waals surface area contributed by atoms with E-state index in [9.17, 15) is 9.59 Å². The first kappa shape index (κ1) is 65.8. The van der Waals surface area contributed by atoms with Crippen LogP contribution in [0.15, 0.2) is 12.2 Å². The van der Waals surface area contributed by atoms with Crippen LogP contribution in [0, 0.1) is 41.4 Å². The van der Waals surface area contributed by atoms with Crippen LogP contribution in [-0.4, -0.2) is 85.0 Å². The number of unbranched alkanes of at least 4 members (excludes halogenated alkanes) is 19. The van der Waals surface area contributed by atoms with E-state index in [-0.39, 0.29) is 55.3 Å². The Balaban J connectivity index is 2.34. The standard InChI is InChI=1S/C64H111N3O6/c1-8-11-14-17-20-23-24-25-26-27-28-29-30-33-36-42-59(68)67(48-41-47-66(6)7)64(45-39-43-60(69)72-49-37-34-31-21-18-15-12-9-2,46-40-44-61(70)73-50-38-35-32-22-19-16-13-10-3)62(71)65-63-53-56(4)51-58(55-63)52-57(5)54-63/h20,23,56-58H,8-19,21-22,24-30,33,36-55H2,1-7H3,(H,65,71)/b23-20-. The molecule has 9 heteroatoms. The number of hydrogen-bond donors (Lipinski definition) is 1. The number of nitrogens with zero attached hydrogens (tertiary/aromatic N) is 2. The number of ether oxygens (including phenoxy) is 2. The van der Waals surface area contributed by atoms with Crippen LogP contribution in [0.5, 0.6) is 0 Å². The van der Waals surface area contributed by atoms with Gasteiger partial charge in [-0.3, -0.25) is 19.2 Å². The van der Waals surface area contributed by atoms with Crippen molar-refractivity contribution in [3.63, 3.8) is 0 Å². The van der Waals surface area contributed by atoms with Crippen LogP contribution in [-0.2, 0) is 28.7 Å². The van der Waals surface area contributed by atoms with Gasteiger partial charge in [-0.2, -0.15) is 0 Å². The molecule has 418 valence electrons. The number of carbonyl (C=O) groups excluding carboxylic acids is 4. The van der Waals surface area contributed by atoms with Crippen molar-refractivity contribution in [1.82, 2.24) is 15.1 Å². The van der Waals surface area contributed by atoms with Crippen molar-refractivity contribution in [2.75, 3.05) is 40.4 Å². The lowest BCUT2D eigenvalue weighted by Gasteiger charge is -2.52. The molecule has 0 aromatic rings. The first-order chi connectivity index (χ1) is 35.4. The summed E-state index contributed by atoms with van der Waals surface area (Å²) in [7, 11) is 4.08. The fourth-order valence-electron chi connectivity index (χ4n) is 11.8. The van der Waals surface area contributed by atoms with Crippen molar-refractivity contribution in [2.45, 2.75) is 290 Å². The Labute approximate surface area is 449 Å². The quantitative estimate of drug-likeness (QED) is 0.0281. The number of allylic oxidation sites excluding steroid dienone is 2. The Morgan fingerprint density at radius 1 is 0.548 bits per heavy atom. The molecule has 9 nitrogen and oxygen atoms in total. The molecule has 0 heterocycles. The summed E-state index contributed by atoms with van der Waals surface area (Å²) in [6, 6.07) is 0. The minimum Gasteiger partial charge on any atom is -0.465 e. The minimum absolute atomic E-state index is 0.00672. The molecule has 0 aliphatic heterocycles. The van der Waals surface area contributed by atoms with Gasteiger partial charge in [-0.25, -0.2) is 0 Å². The van der Waals surface area contributed by atoms with E-state index in [4.69, 9.17) is 9.47 Å². The van der Waals surface area contributed by atoms with Crippen LogP contribution in [0.4, 0.5) is 0 Å². The van der Waals surface area contributed by atoms with Crippen molar-refractivity contribution in [2.24, 2.45) is 17.8 Å². The van der Waals surface area contributed by atoms with E-state index < -0.39 is 5.54 Å². The SMILES string of the molecule is CCCCC/C=C\CCCCCCCCCCC(=O)N(CCCN(C)C)C(CCCC(=O)OCCC#CCCCCCC)(CCCC(=O)OCCC#CCCCCCC)C(=O)NC12CC(C)CC(CC(C)C1)C2. The molecule has 0 aromatic heterocycles. The Morgan fingerprint density at radius 3 is 1.51 bits per heavy atom. The average molecular weight is 1020 g/mol. The topological polar surface area (TPSA) is 105 Å². The maximum atomic E-state index is 15.8. The van der Waals surface area contributed by atoms with Gasteiger partial charge in [0.05, 0.1) is 0 Å². The molecule has 0 spiro atoms. The van der Waals surface area contributed by atoms with E-state index >= 15 is 9.59 Å². The molecule has 2 bridgehead atoms. The fourth-order valence-corrected chi connectivity index (χ4v) is 11.8. The first-order valence-corrected chi connectivity index (χ1v) is 30.6. The van der Waals surface area contributed by atoms with Crippen LogP contribution >= 0.6 is 0 Å². The van der Waals surface area contributed by atoms with Crippen LogP contribution < -0.4 is 5.32 Å². The van der Waals surface area contributed by atoms with Crippen molar-refractivity contribution >= 4 is 23.8 Å². The van der Waals surface area contributed by atoms with Crippen LogP contribution in [0.25, 0.3) is 0 Å². The molecule has 1 N–H and O–H groups in total. The normalized spacial score (nSPS) is 18.4. The summed E-state index contributed by atoms with van der Waals surface area (Å²) in [6.07, 6.45) is 40.0. The predicted octanol–water partition coefficient (Wildman–Crippen LogP) is 15.4. The number of hydrogen-bond acceptors (Lipinski definition) is 7. The third-order valence-electron chi connectivity index (χ3n) is 15.4. The van der Waals surface area contributed by atoms with Crippen molar-refractivity contribution in [1.29, 1.82) is 0 Å². The summed E-state index contributed by atoms with van der Waals surface area (Å²) >= 11 is 0. The van der Waals surface area contributed by atoms with Gasteiger partial charge in [-0.15, -0.1) is 11.8 Å². The zero-order valence-corrected chi connectivity index (χ0v) is 48.4. The van der Waals surface area contributed by atoms with Crippen LogP contribution in [0.3, 0.4) is 0 Å². The molecule has 0 aromatic carbocycles. The maximum Gasteiger partial charge on any atom is 0.305 e. The Kier molecular flexibility index (Phi) is 37.8. The molecule has 2 rings (SSSR count). The predicted molar refractivity (Wildman–Crippen MR) is 305 cm³/mol. The number of nitrogens with one attached hydrogen (secondary N) is 1. The first-order valence-electron chi connectivity index (χ1n) is 30.6. The average Bonchev–Trinajstić information content (AvgIpc) is 3.34. The van der Waals surface area contributed by atoms with E-state index in [2.05, 4.69) is 80.7 Å². The van der Waals surface area contributed by atoms with E-state index in [1.807, 2.05) is 19.0 Å². The van der Waals surface area contributed by atoms with Gasteiger partial charge in [0.1, 0.15) is 18.8 Å². The van der Waals surface area contributed by atoms with Gasteiger partial charge in [-0.05, 0) is 148 Å². The number of fused-ring (bicyclic) bond motifs is 2. The van der Waals surface area contributed by atoms with Crippen LogP contribution in [0.1, 0.15) is 279 Å². The third kappa shape index (κ3) is 30.7. The molecular weight excluding hydrogens is 907 g/mol. The van der Waals surface area contributed by atoms with Crippen molar-refractivity contribution in [3.8, 4) is 23.7 Å². The summed E-state index contributed by atoms with van der Waals surface area (Å²) in [6.45, 7) is 13.0. The van der Waals surface area contributed by atoms with Gasteiger partial charge in [0.25, 0.3) is 0 Å². The second-order valence-corrected chi connectivity index (χ2v) is 22.9. The van der Waals surface area contributed by atoms with Gasteiger partial charge < -0.3 is 24.6 Å². The number of carbonyl (C=O) groups is 4. The lowest BCUT2D eigenvalue weighted by atomic mass is 9.61. The highest BCUT2D eigenvalue weighted by molar-refractivity contribution is 5.92. The number of rotatable bonds is 42. The summed E-state index contributed by atoms with van der Waals surface area (Å²) in [4.78, 5) is 61.6. The van der Waals surface area contributed by atoms with Crippen molar-refractivity contribution in [3.05, 3.63) is 12.2 Å². The van der Waals surface area contributed by atoms with Gasteiger partial charge >= 0.3 is 11.9 Å². The highest BCUT2D eigenvalue weighted by Crippen LogP contribution is 2.48.